The Labute approximate surface area is 120 Å². The topological polar surface area (TPSA) is 15.3 Å². The van der Waals surface area contributed by atoms with E-state index >= 15 is 0 Å². The van der Waals surface area contributed by atoms with Gasteiger partial charge in [0.05, 0.1) is 0 Å². The Morgan fingerprint density at radius 1 is 1.29 bits per heavy atom. The average Bonchev–Trinajstić information content (AvgIpc) is 2.81. The molecule has 0 radical (unpaired) electrons. The zero-order valence-electron chi connectivity index (χ0n) is 9.80. The van der Waals surface area contributed by atoms with Crippen LogP contribution in [0.1, 0.15) is 18.4 Å². The molecule has 3 aliphatic heterocycles. The molecule has 1 aromatic heterocycles. The molecule has 17 heavy (non-hydrogen) atoms. The van der Waals surface area contributed by atoms with Crippen LogP contribution >= 0.6 is 36.2 Å². The molecule has 0 spiro atoms. The summed E-state index contributed by atoms with van der Waals surface area (Å²) in [5, 5.41) is 8.13. The highest BCUT2D eigenvalue weighted by Gasteiger charge is 2.33. The monoisotopic (exact) mass is 294 g/mol. The van der Waals surface area contributed by atoms with Crippen LogP contribution < -0.4 is 5.32 Å². The van der Waals surface area contributed by atoms with Crippen LogP contribution in [0.2, 0.25) is 0 Å². The summed E-state index contributed by atoms with van der Waals surface area (Å²) in [4.78, 5) is 2.60. The van der Waals surface area contributed by atoms with E-state index in [2.05, 4.69) is 27.0 Å². The molecule has 1 atom stereocenters. The summed E-state index contributed by atoms with van der Waals surface area (Å²) in [7, 11) is 0. The van der Waals surface area contributed by atoms with E-state index < -0.39 is 0 Å². The summed E-state index contributed by atoms with van der Waals surface area (Å²) in [6.07, 6.45) is 2.81. The fraction of sp³-hybridized carbons (Fsp3) is 0.667. The van der Waals surface area contributed by atoms with E-state index in [1.807, 2.05) is 0 Å². The summed E-state index contributed by atoms with van der Waals surface area (Å²) in [5.41, 5.74) is 1.44. The maximum absolute atomic E-state index is 3.72. The molecule has 0 aliphatic carbocycles. The second kappa shape index (κ2) is 6.95. The van der Waals surface area contributed by atoms with Crippen molar-refractivity contribution in [1.82, 2.24) is 10.2 Å². The lowest BCUT2D eigenvalue weighted by Crippen LogP contribution is -2.55. The molecule has 4 heterocycles. The van der Waals surface area contributed by atoms with Gasteiger partial charge in [0.1, 0.15) is 0 Å². The summed E-state index contributed by atoms with van der Waals surface area (Å²) in [5.74, 6) is 0.939. The zero-order valence-corrected chi connectivity index (χ0v) is 12.3. The number of thiophene rings is 1. The smallest absolute Gasteiger partial charge is 0.0227 e. The first kappa shape index (κ1) is 15.3. The van der Waals surface area contributed by atoms with E-state index in [1.54, 1.807) is 11.3 Å². The van der Waals surface area contributed by atoms with E-state index in [9.17, 15) is 0 Å². The molecule has 1 aromatic rings. The van der Waals surface area contributed by atoms with Crippen molar-refractivity contribution in [2.45, 2.75) is 25.4 Å². The van der Waals surface area contributed by atoms with Crippen molar-refractivity contribution in [3.8, 4) is 0 Å². The van der Waals surface area contributed by atoms with Crippen LogP contribution in [-0.4, -0.2) is 30.6 Å². The standard InChI is InChI=1S/C12H18N2S.2ClH/c1-4-14-5-2-11(1)12(8-14)13-7-10-3-6-15-9-10;;/h3,6,9,11-13H,1-2,4-5,7-8H2;2*1H. The van der Waals surface area contributed by atoms with E-state index in [4.69, 9.17) is 0 Å². The van der Waals surface area contributed by atoms with Crippen molar-refractivity contribution >= 4 is 36.2 Å². The maximum atomic E-state index is 3.72. The Kier molecular flexibility index (Phi) is 6.24. The fourth-order valence-electron chi connectivity index (χ4n) is 2.84. The molecule has 2 nitrogen and oxygen atoms in total. The number of piperidine rings is 3. The van der Waals surface area contributed by atoms with Crippen LogP contribution in [0.5, 0.6) is 0 Å². The first-order valence-electron chi connectivity index (χ1n) is 5.88. The van der Waals surface area contributed by atoms with Crippen LogP contribution in [0.4, 0.5) is 0 Å². The van der Waals surface area contributed by atoms with Gasteiger partial charge in [0, 0.05) is 19.1 Å². The summed E-state index contributed by atoms with van der Waals surface area (Å²) in [6.45, 7) is 5.00. The highest BCUT2D eigenvalue weighted by atomic mass is 35.5. The van der Waals surface area contributed by atoms with Crippen molar-refractivity contribution in [3.63, 3.8) is 0 Å². The lowest BCUT2D eigenvalue weighted by atomic mass is 9.84. The van der Waals surface area contributed by atoms with Gasteiger partial charge in [0.15, 0.2) is 0 Å². The Bertz CT molecular complexity index is 310. The number of hydrogen-bond acceptors (Lipinski definition) is 3. The molecule has 0 aromatic carbocycles. The Hall–Kier alpha value is 0.200. The molecular weight excluding hydrogens is 275 g/mol. The Balaban J connectivity index is 0.000000722. The number of fused-ring (bicyclic) bond motifs is 3. The van der Waals surface area contributed by atoms with E-state index in [-0.39, 0.29) is 24.8 Å². The van der Waals surface area contributed by atoms with Crippen molar-refractivity contribution in [2.24, 2.45) is 5.92 Å². The number of rotatable bonds is 3. The van der Waals surface area contributed by atoms with Crippen LogP contribution in [0, 0.1) is 5.92 Å². The molecule has 0 saturated carbocycles. The molecule has 1 N–H and O–H groups in total. The van der Waals surface area contributed by atoms with Gasteiger partial charge in [-0.3, -0.25) is 0 Å². The minimum absolute atomic E-state index is 0. The first-order chi connectivity index (χ1) is 7.42. The zero-order chi connectivity index (χ0) is 10.1. The molecule has 1 unspecified atom stereocenters. The van der Waals surface area contributed by atoms with Crippen molar-refractivity contribution in [3.05, 3.63) is 22.4 Å². The van der Waals surface area contributed by atoms with Gasteiger partial charge >= 0.3 is 0 Å². The van der Waals surface area contributed by atoms with Crippen molar-refractivity contribution in [1.29, 1.82) is 0 Å². The third kappa shape index (κ3) is 3.58. The molecule has 3 saturated heterocycles. The largest absolute Gasteiger partial charge is 0.308 e. The number of halogens is 2. The van der Waals surface area contributed by atoms with Gasteiger partial charge < -0.3 is 10.2 Å². The number of nitrogens with zero attached hydrogens (tertiary/aromatic N) is 1. The van der Waals surface area contributed by atoms with Gasteiger partial charge in [-0.1, -0.05) is 0 Å². The van der Waals surface area contributed by atoms with Gasteiger partial charge in [0.25, 0.3) is 0 Å². The molecule has 98 valence electrons. The molecule has 0 amide bonds. The highest BCUT2D eigenvalue weighted by Crippen LogP contribution is 2.27. The van der Waals surface area contributed by atoms with Gasteiger partial charge in [-0.05, 0) is 54.2 Å². The highest BCUT2D eigenvalue weighted by molar-refractivity contribution is 7.07. The summed E-state index contributed by atoms with van der Waals surface area (Å²) in [6, 6.07) is 2.96. The summed E-state index contributed by atoms with van der Waals surface area (Å²) >= 11 is 1.79. The van der Waals surface area contributed by atoms with Crippen molar-refractivity contribution < 1.29 is 0 Å². The van der Waals surface area contributed by atoms with E-state index in [0.717, 1.165) is 18.5 Å². The molecule has 4 rings (SSSR count). The van der Waals surface area contributed by atoms with Crippen molar-refractivity contribution in [2.75, 3.05) is 19.6 Å². The lowest BCUT2D eigenvalue weighted by molar-refractivity contribution is 0.0720. The Morgan fingerprint density at radius 3 is 2.59 bits per heavy atom. The first-order valence-corrected chi connectivity index (χ1v) is 6.83. The van der Waals surface area contributed by atoms with Crippen LogP contribution in [0.3, 0.4) is 0 Å². The average molecular weight is 295 g/mol. The second-order valence-electron chi connectivity index (χ2n) is 4.76. The van der Waals surface area contributed by atoms with Gasteiger partial charge in [-0.15, -0.1) is 24.8 Å². The van der Waals surface area contributed by atoms with Crippen LogP contribution in [-0.2, 0) is 6.54 Å². The predicted molar refractivity (Wildman–Crippen MR) is 78.6 cm³/mol. The molecular formula is C12H20Cl2N2S. The molecule has 2 bridgehead atoms. The SMILES string of the molecule is Cl.Cl.c1cc(CNC2CN3CCC2CC3)cs1. The van der Waals surface area contributed by atoms with Gasteiger partial charge in [-0.2, -0.15) is 11.3 Å². The fourth-order valence-corrected chi connectivity index (χ4v) is 3.51. The molecule has 3 fully saturated rings. The maximum Gasteiger partial charge on any atom is 0.0227 e. The van der Waals surface area contributed by atoms with E-state index in [1.165, 1.54) is 38.0 Å². The van der Waals surface area contributed by atoms with Crippen LogP contribution in [0.25, 0.3) is 0 Å². The third-order valence-electron chi connectivity index (χ3n) is 3.80. The minimum atomic E-state index is 0. The summed E-state index contributed by atoms with van der Waals surface area (Å²) < 4.78 is 0. The Morgan fingerprint density at radius 2 is 2.06 bits per heavy atom. The number of nitrogens with one attached hydrogen (secondary N) is 1. The number of hydrogen-bond donors (Lipinski definition) is 1. The lowest BCUT2D eigenvalue weighted by Gasteiger charge is -2.45. The molecule has 3 aliphatic rings. The molecule has 5 heteroatoms. The normalized spacial score (nSPS) is 30.5. The quantitative estimate of drug-likeness (QED) is 0.922. The van der Waals surface area contributed by atoms with E-state index in [0.29, 0.717) is 0 Å². The van der Waals surface area contributed by atoms with Gasteiger partial charge in [-0.25, -0.2) is 0 Å². The van der Waals surface area contributed by atoms with Gasteiger partial charge in [0.2, 0.25) is 0 Å². The minimum Gasteiger partial charge on any atom is -0.308 e. The predicted octanol–water partition coefficient (Wildman–Crippen LogP) is 2.78. The second-order valence-corrected chi connectivity index (χ2v) is 5.54. The van der Waals surface area contributed by atoms with Crippen LogP contribution in [0.15, 0.2) is 16.8 Å². The third-order valence-corrected chi connectivity index (χ3v) is 4.54.